The summed E-state index contributed by atoms with van der Waals surface area (Å²) in [7, 11) is 0. The molecular weight excluding hydrogens is 414 g/mol. The zero-order chi connectivity index (χ0) is 23.9. The number of hydrogen-bond donors (Lipinski definition) is 3. The van der Waals surface area contributed by atoms with Gasteiger partial charge in [0.1, 0.15) is 0 Å². The number of carbonyl (C=O) groups excluding carboxylic acids is 2. The molecular formula is C26H35N5O2. The zero-order valence-corrected chi connectivity index (χ0v) is 19.1. The Kier molecular flexibility index (Phi) is 7.63. The highest BCUT2D eigenvalue weighted by molar-refractivity contribution is 5.83. The summed E-state index contributed by atoms with van der Waals surface area (Å²) in [6.45, 7) is 3.47. The molecule has 4 rings (SSSR count). The molecule has 0 saturated carbocycles. The molecule has 0 aliphatic carbocycles. The summed E-state index contributed by atoms with van der Waals surface area (Å²) in [5.74, 6) is -0.344. The van der Waals surface area contributed by atoms with E-state index in [0.717, 1.165) is 37.8 Å². The molecule has 2 aliphatic rings. The molecule has 2 heterocycles. The summed E-state index contributed by atoms with van der Waals surface area (Å²) in [5.41, 5.74) is 7.97. The number of nitrogens with two attached hydrogens (primary N) is 1. The number of nitrogens with one attached hydrogen (secondary N) is 2. The Hall–Kier alpha value is -2.74. The van der Waals surface area contributed by atoms with E-state index >= 15 is 0 Å². The fourth-order valence-corrected chi connectivity index (χ4v) is 4.88. The van der Waals surface area contributed by atoms with Crippen molar-refractivity contribution in [2.45, 2.75) is 43.9 Å². The molecule has 0 unspecified atom stereocenters. The predicted octanol–water partition coefficient (Wildman–Crippen LogP) is 1.14. The third-order valence-electron chi connectivity index (χ3n) is 6.61. The van der Waals surface area contributed by atoms with Crippen LogP contribution in [0.1, 0.15) is 24.0 Å². The normalized spacial score (nSPS) is 23.8. The Bertz CT molecular complexity index is 945. The van der Waals surface area contributed by atoms with Crippen molar-refractivity contribution >= 4 is 11.8 Å². The van der Waals surface area contributed by atoms with Crippen LogP contribution in [0.3, 0.4) is 0 Å². The van der Waals surface area contributed by atoms with E-state index < -0.39 is 5.91 Å². The zero-order valence-electron chi connectivity index (χ0n) is 20.1. The number of rotatable bonds is 8. The Morgan fingerprint density at radius 2 is 1.76 bits per heavy atom. The van der Waals surface area contributed by atoms with Gasteiger partial charge in [-0.1, -0.05) is 60.7 Å². The molecule has 7 heteroatoms. The first-order valence-corrected chi connectivity index (χ1v) is 11.9. The van der Waals surface area contributed by atoms with Gasteiger partial charge in [0.2, 0.25) is 11.8 Å². The van der Waals surface area contributed by atoms with Crippen molar-refractivity contribution in [2.75, 3.05) is 32.7 Å². The maximum absolute atomic E-state index is 13.6. The minimum atomic E-state index is -0.421. The van der Waals surface area contributed by atoms with Gasteiger partial charge < -0.3 is 21.3 Å². The molecule has 2 aromatic rings. The van der Waals surface area contributed by atoms with Crippen LogP contribution in [-0.4, -0.2) is 72.5 Å². The quantitative estimate of drug-likeness (QED) is 0.561. The van der Waals surface area contributed by atoms with Crippen LogP contribution < -0.4 is 16.4 Å². The maximum Gasteiger partial charge on any atom is 0.240 e. The number of piperazine rings is 1. The lowest BCUT2D eigenvalue weighted by Crippen LogP contribution is -2.58. The van der Waals surface area contributed by atoms with E-state index in [2.05, 4.69) is 58.7 Å². The van der Waals surface area contributed by atoms with E-state index in [-0.39, 0.29) is 30.6 Å². The highest BCUT2D eigenvalue weighted by Crippen LogP contribution is 2.21. The average molecular weight is 451 g/mol. The number of amides is 2. The number of aryl methyl sites for hydroxylation is 1. The van der Waals surface area contributed by atoms with Gasteiger partial charge in [-0.15, -0.1) is 0 Å². The van der Waals surface area contributed by atoms with Gasteiger partial charge in [0.25, 0.3) is 0 Å². The minimum Gasteiger partial charge on any atom is -0.351 e. The van der Waals surface area contributed by atoms with Crippen molar-refractivity contribution in [3.63, 3.8) is 0 Å². The van der Waals surface area contributed by atoms with Gasteiger partial charge in [-0.3, -0.25) is 14.5 Å². The summed E-state index contributed by atoms with van der Waals surface area (Å²) in [6.07, 6.45) is 2.26. The van der Waals surface area contributed by atoms with E-state index in [4.69, 9.17) is 7.15 Å². The van der Waals surface area contributed by atoms with Crippen molar-refractivity contribution in [2.24, 2.45) is 5.73 Å². The lowest BCUT2D eigenvalue weighted by atomic mass is 10.00. The van der Waals surface area contributed by atoms with Crippen molar-refractivity contribution in [3.05, 3.63) is 71.8 Å². The van der Waals surface area contributed by atoms with Crippen LogP contribution in [0.2, 0.25) is 1.41 Å². The fraction of sp³-hybridized carbons (Fsp3) is 0.462. The molecule has 33 heavy (non-hydrogen) atoms. The fourth-order valence-electron chi connectivity index (χ4n) is 4.88. The smallest absolute Gasteiger partial charge is 0.240 e. The van der Waals surface area contributed by atoms with Crippen LogP contribution >= 0.6 is 0 Å². The first kappa shape index (κ1) is 22.1. The average Bonchev–Trinajstić information content (AvgIpc) is 3.38. The topological polar surface area (TPSA) is 90.7 Å². The van der Waals surface area contributed by atoms with Crippen molar-refractivity contribution in [3.8, 4) is 0 Å². The van der Waals surface area contributed by atoms with Gasteiger partial charge in [-0.05, 0) is 30.4 Å². The highest BCUT2D eigenvalue weighted by atomic mass is 16.2. The van der Waals surface area contributed by atoms with Crippen molar-refractivity contribution in [1.29, 1.82) is 0 Å². The highest BCUT2D eigenvalue weighted by Gasteiger charge is 2.37. The van der Waals surface area contributed by atoms with Crippen LogP contribution in [0, 0.1) is 0 Å². The van der Waals surface area contributed by atoms with Crippen molar-refractivity contribution in [1.82, 2.24) is 20.4 Å². The van der Waals surface area contributed by atoms with Gasteiger partial charge in [-0.2, -0.15) is 0 Å². The summed E-state index contributed by atoms with van der Waals surface area (Å²) in [5, 5.41) is 4.18. The monoisotopic (exact) mass is 450 g/mol. The molecule has 0 spiro atoms. The van der Waals surface area contributed by atoms with E-state index in [9.17, 15) is 9.59 Å². The second-order valence-corrected chi connectivity index (χ2v) is 9.01. The van der Waals surface area contributed by atoms with Gasteiger partial charge >= 0.3 is 0 Å². The number of hydrogen-bond acceptors (Lipinski definition) is 5. The molecule has 0 aromatic heterocycles. The Morgan fingerprint density at radius 3 is 2.45 bits per heavy atom. The molecule has 0 radical (unpaired) electrons. The molecule has 7 nitrogen and oxygen atoms in total. The molecule has 2 aromatic carbocycles. The van der Waals surface area contributed by atoms with Crippen LogP contribution in [0.5, 0.6) is 0 Å². The first-order chi connectivity index (χ1) is 16.5. The molecule has 0 bridgehead atoms. The third kappa shape index (κ3) is 6.41. The number of benzene rings is 2. The Labute approximate surface area is 197 Å². The van der Waals surface area contributed by atoms with Gasteiger partial charge in [-0.25, -0.2) is 0 Å². The Balaban J connectivity index is 1.42. The molecule has 2 saturated heterocycles. The van der Waals surface area contributed by atoms with Gasteiger partial charge in [0.15, 0.2) is 1.41 Å². The first-order valence-electron chi connectivity index (χ1n) is 12.3. The van der Waals surface area contributed by atoms with Gasteiger partial charge in [0, 0.05) is 44.8 Å². The molecule has 2 aliphatic heterocycles. The standard InChI is InChI=1S/C26H35N5O2/c27-16-25(32)29-22-15-24(28-17-22)26(33)31-14-13-30(18-21-9-5-2-6-10-21)19-23(31)12-11-20-7-3-1-4-8-20/h1-10,22-24,28H,11-19,27H2,(H,29,32)/t22-,23-,24+/m1/s1/i/hD. The van der Waals surface area contributed by atoms with Crippen LogP contribution in [0.25, 0.3) is 0 Å². The molecule has 176 valence electrons. The predicted molar refractivity (Wildman–Crippen MR) is 129 cm³/mol. The van der Waals surface area contributed by atoms with E-state index in [1.807, 2.05) is 17.0 Å². The van der Waals surface area contributed by atoms with E-state index in [1.165, 1.54) is 11.1 Å². The summed E-state index contributed by atoms with van der Waals surface area (Å²) in [6, 6.07) is 20.3. The lowest BCUT2D eigenvalue weighted by Gasteiger charge is -2.42. The molecule has 4 N–H and O–H groups in total. The van der Waals surface area contributed by atoms with E-state index in [1.54, 1.807) is 0 Å². The largest absolute Gasteiger partial charge is 0.351 e. The SMILES string of the molecule is [2H]N(C(=O)CN)[C@H]1CN[C@H](C(=O)N2CCN(Cc3ccccc3)C[C@H]2CCc2ccccc2)C1. The number of carbonyl (C=O) groups is 2. The van der Waals surface area contributed by atoms with E-state index in [0.29, 0.717) is 19.5 Å². The van der Waals surface area contributed by atoms with Crippen LogP contribution in [-0.2, 0) is 22.6 Å². The minimum absolute atomic E-state index is 0.0773. The summed E-state index contributed by atoms with van der Waals surface area (Å²) >= 11 is 0. The molecule has 3 atom stereocenters. The lowest BCUT2D eigenvalue weighted by molar-refractivity contribution is -0.138. The van der Waals surface area contributed by atoms with Crippen LogP contribution in [0.15, 0.2) is 60.7 Å². The Morgan fingerprint density at radius 1 is 1.06 bits per heavy atom. The summed E-state index contributed by atoms with van der Waals surface area (Å²) < 4.78 is 8.02. The third-order valence-corrected chi connectivity index (χ3v) is 6.61. The molecule has 2 fully saturated rings. The van der Waals surface area contributed by atoms with Crippen molar-refractivity contribution < 1.29 is 11.0 Å². The number of nitrogens with zero attached hydrogens (tertiary/aromatic N) is 2. The summed E-state index contributed by atoms with van der Waals surface area (Å²) in [4.78, 5) is 29.8. The second kappa shape index (κ2) is 11.4. The molecule has 2 amide bonds. The van der Waals surface area contributed by atoms with Crippen LogP contribution in [0.4, 0.5) is 0 Å². The van der Waals surface area contributed by atoms with Gasteiger partial charge in [0.05, 0.1) is 12.6 Å². The second-order valence-electron chi connectivity index (χ2n) is 9.01. The maximum atomic E-state index is 13.6.